The molecule has 4 aromatic rings. The summed E-state index contributed by atoms with van der Waals surface area (Å²) in [5.74, 6) is 2.43. The molecule has 41 heavy (non-hydrogen) atoms. The number of rotatable bonds is 10. The van der Waals surface area contributed by atoms with Gasteiger partial charge in [-0.1, -0.05) is 24.3 Å². The molecule has 2 aromatic carbocycles. The van der Waals surface area contributed by atoms with Crippen molar-refractivity contribution in [1.82, 2.24) is 20.4 Å². The van der Waals surface area contributed by atoms with Gasteiger partial charge in [0, 0.05) is 11.8 Å². The lowest BCUT2D eigenvalue weighted by molar-refractivity contribution is -0.116. The summed E-state index contributed by atoms with van der Waals surface area (Å²) < 4.78 is 10.4. The molecular formula is C31H32N6O4. The fourth-order valence-corrected chi connectivity index (χ4v) is 5.08. The molecule has 2 heterocycles. The molecule has 2 atom stereocenters. The molecule has 10 heteroatoms. The van der Waals surface area contributed by atoms with Crippen LogP contribution in [0.2, 0.25) is 0 Å². The minimum absolute atomic E-state index is 0.167. The molecule has 0 bridgehead atoms. The van der Waals surface area contributed by atoms with Gasteiger partial charge >= 0.3 is 0 Å². The van der Waals surface area contributed by atoms with E-state index < -0.39 is 0 Å². The first kappa shape index (κ1) is 27.7. The van der Waals surface area contributed by atoms with Crippen molar-refractivity contribution in [3.05, 3.63) is 95.3 Å². The van der Waals surface area contributed by atoms with Crippen LogP contribution in [0, 0.1) is 0 Å². The summed E-state index contributed by atoms with van der Waals surface area (Å²) in [6.07, 6.45) is 3.24. The van der Waals surface area contributed by atoms with Crippen LogP contribution in [0.4, 0.5) is 11.6 Å². The molecule has 0 aliphatic heterocycles. The summed E-state index contributed by atoms with van der Waals surface area (Å²) in [4.78, 5) is 24.9. The Labute approximate surface area is 238 Å². The minimum atomic E-state index is -0.167. The van der Waals surface area contributed by atoms with Crippen LogP contribution in [0.5, 0.6) is 11.5 Å². The molecular weight excluding hydrogens is 520 g/mol. The number of carbonyl (C=O) groups is 2. The Kier molecular flexibility index (Phi) is 8.78. The van der Waals surface area contributed by atoms with Crippen molar-refractivity contribution in [2.75, 3.05) is 24.9 Å². The molecule has 5 rings (SSSR count). The number of ether oxygens (including phenoxy) is 2. The summed E-state index contributed by atoms with van der Waals surface area (Å²) in [5, 5.41) is 22.9. The highest BCUT2D eigenvalue weighted by Crippen LogP contribution is 2.42. The SMILES string of the molecule is COc1cccc(CC(=O)Nc2ccc([C@@H]3CC[C@H](c4ccc(NC(=O)Cc5cccc(OC)c5)nn4)C3)nn2)c1. The summed E-state index contributed by atoms with van der Waals surface area (Å²) in [6, 6.07) is 22.3. The topological polar surface area (TPSA) is 128 Å². The highest BCUT2D eigenvalue weighted by Gasteiger charge is 2.29. The number of carbonyl (C=O) groups excluding carboxylic acids is 2. The smallest absolute Gasteiger partial charge is 0.229 e. The Balaban J connectivity index is 1.11. The molecule has 2 aromatic heterocycles. The van der Waals surface area contributed by atoms with E-state index >= 15 is 0 Å². The third kappa shape index (κ3) is 7.42. The average Bonchev–Trinajstić information content (AvgIpc) is 3.48. The van der Waals surface area contributed by atoms with Crippen LogP contribution >= 0.6 is 0 Å². The maximum atomic E-state index is 12.5. The molecule has 1 saturated carbocycles. The number of aromatic nitrogens is 4. The number of nitrogens with zero attached hydrogens (tertiary/aromatic N) is 4. The standard InChI is InChI=1S/C31H32N6O4/c1-40-24-7-3-5-20(15-24)17-30(38)32-28-13-11-26(34-36-28)22-9-10-23(19-22)27-12-14-29(37-35-27)33-31(39)18-21-6-4-8-25(16-21)41-2/h3-8,11-16,22-23H,9-10,17-19H2,1-2H3,(H,32,36,38)(H,33,37,39)/t22-,23+. The number of hydrogen-bond donors (Lipinski definition) is 2. The van der Waals surface area contributed by atoms with Crippen molar-refractivity contribution < 1.29 is 19.1 Å². The van der Waals surface area contributed by atoms with Crippen molar-refractivity contribution in [3.8, 4) is 11.5 Å². The molecule has 0 unspecified atom stereocenters. The second kappa shape index (κ2) is 13.0. The van der Waals surface area contributed by atoms with E-state index in [9.17, 15) is 9.59 Å². The third-order valence-corrected chi connectivity index (χ3v) is 7.17. The van der Waals surface area contributed by atoms with Gasteiger partial charge in [-0.2, -0.15) is 10.2 Å². The number of hydrogen-bond acceptors (Lipinski definition) is 8. The van der Waals surface area contributed by atoms with E-state index in [0.29, 0.717) is 23.1 Å². The largest absolute Gasteiger partial charge is 0.497 e. The van der Waals surface area contributed by atoms with Gasteiger partial charge in [-0.3, -0.25) is 9.59 Å². The molecule has 210 valence electrons. The molecule has 10 nitrogen and oxygen atoms in total. The predicted octanol–water partition coefficient (Wildman–Crippen LogP) is 4.70. The summed E-state index contributed by atoms with van der Waals surface area (Å²) in [7, 11) is 3.19. The van der Waals surface area contributed by atoms with Crippen LogP contribution < -0.4 is 20.1 Å². The lowest BCUT2D eigenvalue weighted by Crippen LogP contribution is -2.16. The van der Waals surface area contributed by atoms with E-state index in [4.69, 9.17) is 9.47 Å². The molecule has 2 N–H and O–H groups in total. The molecule has 0 radical (unpaired) electrons. The van der Waals surface area contributed by atoms with E-state index in [0.717, 1.165) is 41.8 Å². The quantitative estimate of drug-likeness (QED) is 0.290. The molecule has 0 spiro atoms. The lowest BCUT2D eigenvalue weighted by atomic mass is 9.99. The number of benzene rings is 2. The number of anilines is 2. The first-order valence-corrected chi connectivity index (χ1v) is 13.5. The van der Waals surface area contributed by atoms with Gasteiger partial charge in [0.25, 0.3) is 0 Å². The van der Waals surface area contributed by atoms with E-state index in [1.165, 1.54) is 0 Å². The van der Waals surface area contributed by atoms with Crippen molar-refractivity contribution >= 4 is 23.5 Å². The Morgan fingerprint density at radius 3 is 1.54 bits per heavy atom. The van der Waals surface area contributed by atoms with Gasteiger partial charge in [0.05, 0.1) is 38.4 Å². The maximum Gasteiger partial charge on any atom is 0.229 e. The lowest BCUT2D eigenvalue weighted by Gasteiger charge is -2.11. The first-order valence-electron chi connectivity index (χ1n) is 13.5. The Morgan fingerprint density at radius 2 is 1.15 bits per heavy atom. The second-order valence-electron chi connectivity index (χ2n) is 10.0. The van der Waals surface area contributed by atoms with Crippen LogP contribution in [-0.4, -0.2) is 46.4 Å². The zero-order valence-electron chi connectivity index (χ0n) is 23.0. The number of methoxy groups -OCH3 is 2. The van der Waals surface area contributed by atoms with E-state index in [2.05, 4.69) is 31.0 Å². The molecule has 1 fully saturated rings. The van der Waals surface area contributed by atoms with Gasteiger partial charge < -0.3 is 20.1 Å². The summed E-state index contributed by atoms with van der Waals surface area (Å²) in [6.45, 7) is 0. The van der Waals surface area contributed by atoms with Crippen molar-refractivity contribution in [3.63, 3.8) is 0 Å². The van der Waals surface area contributed by atoms with Gasteiger partial charge in [0.2, 0.25) is 11.8 Å². The highest BCUT2D eigenvalue weighted by atomic mass is 16.5. The van der Waals surface area contributed by atoms with Gasteiger partial charge in [0.15, 0.2) is 11.6 Å². The number of amides is 2. The monoisotopic (exact) mass is 552 g/mol. The number of nitrogens with one attached hydrogen (secondary N) is 2. The van der Waals surface area contributed by atoms with Crippen LogP contribution in [0.25, 0.3) is 0 Å². The molecule has 1 aliphatic rings. The Morgan fingerprint density at radius 1 is 0.683 bits per heavy atom. The highest BCUT2D eigenvalue weighted by molar-refractivity contribution is 5.91. The predicted molar refractivity (Wildman–Crippen MR) is 154 cm³/mol. The van der Waals surface area contributed by atoms with Gasteiger partial charge in [0.1, 0.15) is 11.5 Å². The fourth-order valence-electron chi connectivity index (χ4n) is 5.08. The zero-order valence-corrected chi connectivity index (χ0v) is 23.0. The van der Waals surface area contributed by atoms with Crippen LogP contribution in [0.3, 0.4) is 0 Å². The maximum absolute atomic E-state index is 12.5. The summed E-state index contributed by atoms with van der Waals surface area (Å²) >= 11 is 0. The molecule has 0 saturated heterocycles. The second-order valence-corrected chi connectivity index (χ2v) is 10.0. The molecule has 1 aliphatic carbocycles. The zero-order chi connectivity index (χ0) is 28.6. The molecule has 2 amide bonds. The van der Waals surface area contributed by atoms with Crippen molar-refractivity contribution in [2.45, 2.75) is 43.9 Å². The van der Waals surface area contributed by atoms with Crippen molar-refractivity contribution in [2.24, 2.45) is 0 Å². The van der Waals surface area contributed by atoms with Gasteiger partial charge in [-0.15, -0.1) is 10.2 Å². The van der Waals surface area contributed by atoms with E-state index in [1.54, 1.807) is 26.4 Å². The van der Waals surface area contributed by atoms with E-state index in [-0.39, 0.29) is 36.5 Å². The normalized spacial score (nSPS) is 16.1. The Hall–Kier alpha value is -4.86. The first-order chi connectivity index (χ1) is 20.0. The average molecular weight is 553 g/mol. The van der Waals surface area contributed by atoms with Gasteiger partial charge in [-0.25, -0.2) is 0 Å². The minimum Gasteiger partial charge on any atom is -0.497 e. The van der Waals surface area contributed by atoms with Crippen LogP contribution in [-0.2, 0) is 22.4 Å². The van der Waals surface area contributed by atoms with Crippen LogP contribution in [0.1, 0.15) is 53.6 Å². The Bertz CT molecular complexity index is 1380. The van der Waals surface area contributed by atoms with E-state index in [1.807, 2.05) is 60.7 Å². The fraction of sp³-hybridized carbons (Fsp3) is 0.290. The third-order valence-electron chi connectivity index (χ3n) is 7.17. The van der Waals surface area contributed by atoms with Crippen molar-refractivity contribution in [1.29, 1.82) is 0 Å². The van der Waals surface area contributed by atoms with Crippen LogP contribution in [0.15, 0.2) is 72.8 Å². The van der Waals surface area contributed by atoms with Gasteiger partial charge in [-0.05, 0) is 78.9 Å². The summed E-state index contributed by atoms with van der Waals surface area (Å²) in [5.41, 5.74) is 3.51.